The first-order chi connectivity index (χ1) is 20.7. The Bertz CT molecular complexity index is 1320. The Morgan fingerprint density at radius 1 is 1.07 bits per heavy atom. The highest BCUT2D eigenvalue weighted by Crippen LogP contribution is 2.41. The van der Waals surface area contributed by atoms with Crippen molar-refractivity contribution in [1.29, 1.82) is 0 Å². The number of unbranched alkanes of at least 4 members (excludes halogenated alkanes) is 1. The van der Waals surface area contributed by atoms with Crippen molar-refractivity contribution in [3.8, 4) is 5.75 Å². The number of ether oxygens (including phenoxy) is 3. The maximum atomic E-state index is 13.6. The number of carbonyl (C=O) groups excluding carboxylic acids is 1. The molecule has 1 aliphatic rings. The largest absolute Gasteiger partial charge is 0.494 e. The highest BCUT2D eigenvalue weighted by Gasteiger charge is 2.34. The predicted octanol–water partition coefficient (Wildman–Crippen LogP) is 9.00. The maximum absolute atomic E-state index is 13.6. The van der Waals surface area contributed by atoms with Crippen LogP contribution in [-0.4, -0.2) is 51.0 Å². The molecule has 1 unspecified atom stereocenters. The zero-order chi connectivity index (χ0) is 31.2. The van der Waals surface area contributed by atoms with Gasteiger partial charge in [-0.2, -0.15) is 0 Å². The Morgan fingerprint density at radius 2 is 1.81 bits per heavy atom. The highest BCUT2D eigenvalue weighted by molar-refractivity contribution is 6.31. The lowest BCUT2D eigenvalue weighted by Gasteiger charge is -2.38. The molecule has 1 atom stereocenters. The van der Waals surface area contributed by atoms with Crippen molar-refractivity contribution >= 4 is 34.9 Å². The molecule has 1 aliphatic heterocycles. The summed E-state index contributed by atoms with van der Waals surface area (Å²) >= 11 is 12.3. The summed E-state index contributed by atoms with van der Waals surface area (Å²) in [4.78, 5) is 15.3. The summed E-state index contributed by atoms with van der Waals surface area (Å²) < 4.78 is 16.9. The van der Waals surface area contributed by atoms with Crippen molar-refractivity contribution in [2.24, 2.45) is 0 Å². The molecule has 232 valence electrons. The van der Waals surface area contributed by atoms with E-state index in [1.807, 2.05) is 42.5 Å². The number of hydrogen-bond donors (Lipinski definition) is 1. The monoisotopic (exact) mass is 626 g/mol. The molecule has 43 heavy (non-hydrogen) atoms. The molecule has 0 fully saturated rings. The lowest BCUT2D eigenvalue weighted by Crippen LogP contribution is -2.39. The molecule has 2 aromatic rings. The van der Waals surface area contributed by atoms with Gasteiger partial charge in [-0.3, -0.25) is 4.90 Å². The number of nitrogens with one attached hydrogen (secondary N) is 1. The Kier molecular flexibility index (Phi) is 14.4. The Hall–Kier alpha value is -3.03. The smallest absolute Gasteiger partial charge is 0.416 e. The normalized spacial score (nSPS) is 15.7. The van der Waals surface area contributed by atoms with Crippen LogP contribution in [0.1, 0.15) is 62.3 Å². The van der Waals surface area contributed by atoms with Gasteiger partial charge in [0.25, 0.3) is 0 Å². The second kappa shape index (κ2) is 17.9. The van der Waals surface area contributed by atoms with Gasteiger partial charge in [-0.1, -0.05) is 48.0 Å². The quantitative estimate of drug-likeness (QED) is 0.121. The predicted molar refractivity (Wildman–Crippen MR) is 178 cm³/mol. The van der Waals surface area contributed by atoms with E-state index in [-0.39, 0.29) is 6.04 Å². The van der Waals surface area contributed by atoms with Crippen LogP contribution in [-0.2, 0) is 9.47 Å². The van der Waals surface area contributed by atoms with Crippen LogP contribution in [0.2, 0.25) is 5.02 Å². The summed E-state index contributed by atoms with van der Waals surface area (Å²) in [5.74, 6) is 1.20. The number of nitrogens with zero attached hydrogens (tertiary/aromatic N) is 1. The standard InChI is InChI=1S/C35H44Cl2N2O4/c1-6-30(15-11-26(3)36)43-35(40)39-21-18-32(33-24-29(37)14-10-25(33)2)27(4)34(39)28-12-16-31(17-13-28)42-23-8-7-19-38-20-9-22-41-5/h6,10-17,24,34,38H,3,7-9,18-23H2,1-2,4-5H3/b15-11-,30-6?. The highest BCUT2D eigenvalue weighted by atomic mass is 35.5. The Balaban J connectivity index is 1.78. The number of benzene rings is 2. The van der Waals surface area contributed by atoms with E-state index in [0.29, 0.717) is 35.4 Å². The fourth-order valence-electron chi connectivity index (χ4n) is 5.13. The van der Waals surface area contributed by atoms with Gasteiger partial charge in [0.05, 0.1) is 12.6 Å². The number of halogens is 2. The minimum absolute atomic E-state index is 0.321. The molecule has 1 heterocycles. The summed E-state index contributed by atoms with van der Waals surface area (Å²) in [5, 5.41) is 4.46. The van der Waals surface area contributed by atoms with E-state index in [0.717, 1.165) is 67.0 Å². The molecular formula is C35H44Cl2N2O4. The number of aryl methyl sites for hydroxylation is 1. The number of carbonyl (C=O) groups is 1. The van der Waals surface area contributed by atoms with E-state index in [1.165, 1.54) is 5.57 Å². The zero-order valence-corrected chi connectivity index (χ0v) is 27.3. The SMILES string of the molecule is C=C(Cl)/C=C\C(=CC)OC(=O)N1CCC(c2cc(Cl)ccc2C)=C(C)C1c1ccc(OCCCCNCCCOC)cc1. The number of hydrogen-bond acceptors (Lipinski definition) is 5. The zero-order valence-electron chi connectivity index (χ0n) is 25.8. The van der Waals surface area contributed by atoms with Crippen LogP contribution in [0.4, 0.5) is 4.79 Å². The van der Waals surface area contributed by atoms with Crippen LogP contribution in [0, 0.1) is 6.92 Å². The first-order valence-electron chi connectivity index (χ1n) is 14.8. The van der Waals surface area contributed by atoms with E-state index in [4.69, 9.17) is 37.4 Å². The third kappa shape index (κ3) is 10.6. The van der Waals surface area contributed by atoms with Crippen LogP contribution in [0.5, 0.6) is 5.75 Å². The van der Waals surface area contributed by atoms with Gasteiger partial charge >= 0.3 is 6.09 Å². The van der Waals surface area contributed by atoms with Gasteiger partial charge in [-0.25, -0.2) is 4.79 Å². The van der Waals surface area contributed by atoms with Crippen molar-refractivity contribution in [3.05, 3.63) is 105 Å². The van der Waals surface area contributed by atoms with Crippen LogP contribution >= 0.6 is 23.2 Å². The topological polar surface area (TPSA) is 60.0 Å². The minimum atomic E-state index is -0.430. The Labute approximate surface area is 267 Å². The van der Waals surface area contributed by atoms with Crippen LogP contribution in [0.25, 0.3) is 5.57 Å². The van der Waals surface area contributed by atoms with Crippen molar-refractivity contribution in [1.82, 2.24) is 10.2 Å². The number of rotatable bonds is 15. The van der Waals surface area contributed by atoms with Crippen molar-refractivity contribution in [2.45, 2.75) is 52.5 Å². The first-order valence-corrected chi connectivity index (χ1v) is 15.6. The summed E-state index contributed by atoms with van der Waals surface area (Å²) in [7, 11) is 1.72. The third-order valence-electron chi connectivity index (χ3n) is 7.39. The van der Waals surface area contributed by atoms with Gasteiger partial charge in [-0.05, 0) is 130 Å². The summed E-state index contributed by atoms with van der Waals surface area (Å²) in [6.07, 6.45) is 8.23. The molecule has 0 aliphatic carbocycles. The van der Waals surface area contributed by atoms with Gasteiger partial charge in [-0.15, -0.1) is 0 Å². The van der Waals surface area contributed by atoms with Crippen LogP contribution in [0.3, 0.4) is 0 Å². The third-order valence-corrected chi connectivity index (χ3v) is 7.75. The van der Waals surface area contributed by atoms with Gasteiger partial charge in [0.1, 0.15) is 11.5 Å². The van der Waals surface area contributed by atoms with E-state index >= 15 is 0 Å². The van der Waals surface area contributed by atoms with E-state index in [2.05, 4.69) is 25.7 Å². The number of methoxy groups -OCH3 is 1. The van der Waals surface area contributed by atoms with Crippen LogP contribution in [0.15, 0.2) is 83.6 Å². The molecule has 2 aromatic carbocycles. The molecule has 6 nitrogen and oxygen atoms in total. The number of amides is 1. The molecule has 1 amide bonds. The molecule has 0 aromatic heterocycles. The maximum Gasteiger partial charge on any atom is 0.416 e. The molecule has 0 radical (unpaired) electrons. The van der Waals surface area contributed by atoms with Gasteiger partial charge in [0.2, 0.25) is 0 Å². The molecule has 0 bridgehead atoms. The average molecular weight is 628 g/mol. The lowest BCUT2D eigenvalue weighted by molar-refractivity contribution is 0.117. The first kappa shape index (κ1) is 34.5. The molecule has 1 N–H and O–H groups in total. The average Bonchev–Trinajstić information content (AvgIpc) is 2.99. The molecule has 3 rings (SSSR count). The van der Waals surface area contributed by atoms with Gasteiger partial charge in [0.15, 0.2) is 0 Å². The van der Waals surface area contributed by atoms with Gasteiger partial charge < -0.3 is 19.5 Å². The Morgan fingerprint density at radius 3 is 2.51 bits per heavy atom. The molecule has 8 heteroatoms. The van der Waals surface area contributed by atoms with Crippen LogP contribution < -0.4 is 10.1 Å². The molecule has 0 saturated heterocycles. The summed E-state index contributed by atoms with van der Waals surface area (Å²) in [6.45, 7) is 13.5. The second-order valence-corrected chi connectivity index (χ2v) is 11.4. The van der Waals surface area contributed by atoms with Gasteiger partial charge in [0, 0.05) is 30.3 Å². The van der Waals surface area contributed by atoms with Crippen molar-refractivity contribution in [2.75, 3.05) is 40.0 Å². The summed E-state index contributed by atoms with van der Waals surface area (Å²) in [6, 6.07) is 13.6. The van der Waals surface area contributed by atoms with E-state index in [1.54, 1.807) is 37.2 Å². The van der Waals surface area contributed by atoms with E-state index < -0.39 is 6.09 Å². The fourth-order valence-corrected chi connectivity index (χ4v) is 5.36. The van der Waals surface area contributed by atoms with Crippen molar-refractivity contribution < 1.29 is 19.0 Å². The molecular weight excluding hydrogens is 583 g/mol. The molecule has 0 saturated carbocycles. The second-order valence-electron chi connectivity index (χ2n) is 10.5. The van der Waals surface area contributed by atoms with Crippen molar-refractivity contribution in [3.63, 3.8) is 0 Å². The summed E-state index contributed by atoms with van der Waals surface area (Å²) in [5.41, 5.74) is 5.49. The minimum Gasteiger partial charge on any atom is -0.494 e. The van der Waals surface area contributed by atoms with E-state index in [9.17, 15) is 4.79 Å². The fraction of sp³-hybridized carbons (Fsp3) is 0.400. The molecule has 0 spiro atoms. The lowest BCUT2D eigenvalue weighted by atomic mass is 9.84. The number of allylic oxidation sites excluding steroid dienone is 4.